The lowest BCUT2D eigenvalue weighted by atomic mass is 9.86. The van der Waals surface area contributed by atoms with Gasteiger partial charge in [0.15, 0.2) is 6.61 Å². The molecule has 132 valence electrons. The molecule has 7 heteroatoms. The first kappa shape index (κ1) is 17.1. The molecule has 0 radical (unpaired) electrons. The predicted molar refractivity (Wildman–Crippen MR) is 91.2 cm³/mol. The third-order valence-corrected chi connectivity index (χ3v) is 4.58. The summed E-state index contributed by atoms with van der Waals surface area (Å²) in [5.41, 5.74) is 1.18. The van der Waals surface area contributed by atoms with Crippen molar-refractivity contribution in [1.29, 1.82) is 0 Å². The molecular weight excluding hydrogens is 320 g/mol. The number of nitrogens with zero attached hydrogens (tertiary/aromatic N) is 3. The SMILES string of the molecule is C[C@@H]1CCCC[C@@H]1NC(=O)COC(=O)c1ccc(-n2cncn2)cc1. The number of esters is 1. The van der Waals surface area contributed by atoms with Gasteiger partial charge in [0.2, 0.25) is 0 Å². The summed E-state index contributed by atoms with van der Waals surface area (Å²) in [4.78, 5) is 27.9. The normalized spacial score (nSPS) is 20.0. The molecule has 1 heterocycles. The van der Waals surface area contributed by atoms with Gasteiger partial charge >= 0.3 is 5.97 Å². The lowest BCUT2D eigenvalue weighted by Crippen LogP contribution is -2.42. The summed E-state index contributed by atoms with van der Waals surface area (Å²) < 4.78 is 6.70. The van der Waals surface area contributed by atoms with Crippen LogP contribution in [0.25, 0.3) is 5.69 Å². The quantitative estimate of drug-likeness (QED) is 0.841. The largest absolute Gasteiger partial charge is 0.452 e. The van der Waals surface area contributed by atoms with Gasteiger partial charge in [-0.15, -0.1) is 0 Å². The van der Waals surface area contributed by atoms with E-state index in [0.29, 0.717) is 11.5 Å². The van der Waals surface area contributed by atoms with Crippen LogP contribution in [-0.4, -0.2) is 39.3 Å². The Balaban J connectivity index is 1.49. The van der Waals surface area contributed by atoms with Gasteiger partial charge in [0, 0.05) is 6.04 Å². The molecule has 1 aromatic heterocycles. The molecule has 0 aliphatic heterocycles. The van der Waals surface area contributed by atoms with Crippen molar-refractivity contribution in [3.05, 3.63) is 42.5 Å². The number of ether oxygens (including phenoxy) is 1. The second-order valence-electron chi connectivity index (χ2n) is 6.40. The van der Waals surface area contributed by atoms with Gasteiger partial charge in [-0.3, -0.25) is 4.79 Å². The van der Waals surface area contributed by atoms with Crippen molar-refractivity contribution in [1.82, 2.24) is 20.1 Å². The molecule has 0 saturated heterocycles. The summed E-state index contributed by atoms with van der Waals surface area (Å²) in [5.74, 6) is -0.291. The Morgan fingerprint density at radius 2 is 2.00 bits per heavy atom. The molecule has 1 aliphatic carbocycles. The molecular formula is C18H22N4O3. The maximum absolute atomic E-state index is 12.1. The Morgan fingerprint density at radius 3 is 2.68 bits per heavy atom. The molecule has 0 unspecified atom stereocenters. The lowest BCUT2D eigenvalue weighted by molar-refractivity contribution is -0.125. The Bertz CT molecular complexity index is 712. The van der Waals surface area contributed by atoms with E-state index >= 15 is 0 Å². The highest BCUT2D eigenvalue weighted by Crippen LogP contribution is 2.23. The number of amides is 1. The number of rotatable bonds is 5. The topological polar surface area (TPSA) is 86.1 Å². The molecule has 1 aliphatic rings. The molecule has 1 saturated carbocycles. The van der Waals surface area contributed by atoms with Gasteiger partial charge in [-0.1, -0.05) is 19.8 Å². The van der Waals surface area contributed by atoms with Crippen LogP contribution in [0, 0.1) is 5.92 Å². The zero-order valence-electron chi connectivity index (χ0n) is 14.2. The Hall–Kier alpha value is -2.70. The van der Waals surface area contributed by atoms with Crippen LogP contribution in [0.15, 0.2) is 36.9 Å². The molecule has 2 aromatic rings. The van der Waals surface area contributed by atoms with Crippen molar-refractivity contribution in [2.24, 2.45) is 5.92 Å². The van der Waals surface area contributed by atoms with E-state index in [0.717, 1.165) is 24.9 Å². The zero-order chi connectivity index (χ0) is 17.6. The van der Waals surface area contributed by atoms with Crippen LogP contribution >= 0.6 is 0 Å². The molecule has 1 fully saturated rings. The monoisotopic (exact) mass is 342 g/mol. The molecule has 3 rings (SSSR count). The summed E-state index contributed by atoms with van der Waals surface area (Å²) in [7, 11) is 0. The minimum atomic E-state index is -0.517. The number of carbonyl (C=O) groups excluding carboxylic acids is 2. The molecule has 0 bridgehead atoms. The van der Waals surface area contributed by atoms with Crippen molar-refractivity contribution in [2.75, 3.05) is 6.61 Å². The average molecular weight is 342 g/mol. The summed E-state index contributed by atoms with van der Waals surface area (Å²) in [6.45, 7) is 1.89. The van der Waals surface area contributed by atoms with Crippen LogP contribution in [0.4, 0.5) is 0 Å². The van der Waals surface area contributed by atoms with Gasteiger partial charge in [-0.25, -0.2) is 14.5 Å². The summed E-state index contributed by atoms with van der Waals surface area (Å²) in [6.07, 6.45) is 7.48. The molecule has 1 amide bonds. The van der Waals surface area contributed by atoms with E-state index in [2.05, 4.69) is 22.3 Å². The fraction of sp³-hybridized carbons (Fsp3) is 0.444. The number of aromatic nitrogens is 3. The van der Waals surface area contributed by atoms with E-state index in [9.17, 15) is 9.59 Å². The highest BCUT2D eigenvalue weighted by Gasteiger charge is 2.23. The van der Waals surface area contributed by atoms with Crippen LogP contribution in [0.3, 0.4) is 0 Å². The number of nitrogens with one attached hydrogen (secondary N) is 1. The molecule has 7 nitrogen and oxygen atoms in total. The van der Waals surface area contributed by atoms with Crippen LogP contribution in [0.1, 0.15) is 43.0 Å². The fourth-order valence-electron chi connectivity index (χ4n) is 3.09. The molecule has 1 aromatic carbocycles. The third-order valence-electron chi connectivity index (χ3n) is 4.58. The van der Waals surface area contributed by atoms with E-state index in [1.807, 2.05) is 0 Å². The number of hydrogen-bond acceptors (Lipinski definition) is 5. The third kappa shape index (κ3) is 4.43. The highest BCUT2D eigenvalue weighted by molar-refractivity contribution is 5.91. The lowest BCUT2D eigenvalue weighted by Gasteiger charge is -2.29. The average Bonchev–Trinajstić information content (AvgIpc) is 3.16. The number of hydrogen-bond donors (Lipinski definition) is 1. The van der Waals surface area contributed by atoms with Crippen LogP contribution in [0.5, 0.6) is 0 Å². The first-order chi connectivity index (χ1) is 12.1. The zero-order valence-corrected chi connectivity index (χ0v) is 14.2. The summed E-state index contributed by atoms with van der Waals surface area (Å²) in [6, 6.07) is 6.95. The standard InChI is InChI=1S/C18H22N4O3/c1-13-4-2-3-5-16(13)21-17(23)10-25-18(24)14-6-8-15(9-7-14)22-12-19-11-20-22/h6-9,11-13,16H,2-5,10H2,1H3,(H,21,23)/t13-,16+/m1/s1. The minimum Gasteiger partial charge on any atom is -0.452 e. The van der Waals surface area contributed by atoms with Gasteiger partial charge in [-0.05, 0) is 43.0 Å². The van der Waals surface area contributed by atoms with E-state index < -0.39 is 5.97 Å². The van der Waals surface area contributed by atoms with Crippen molar-refractivity contribution < 1.29 is 14.3 Å². The Labute approximate surface area is 146 Å². The van der Waals surface area contributed by atoms with E-state index in [4.69, 9.17) is 4.74 Å². The van der Waals surface area contributed by atoms with Crippen molar-refractivity contribution in [3.63, 3.8) is 0 Å². The summed E-state index contributed by atoms with van der Waals surface area (Å²) >= 11 is 0. The Kier molecular flexibility index (Phi) is 5.42. The second kappa shape index (κ2) is 7.92. The number of benzene rings is 1. The van der Waals surface area contributed by atoms with E-state index in [1.54, 1.807) is 35.3 Å². The first-order valence-electron chi connectivity index (χ1n) is 8.55. The molecule has 25 heavy (non-hydrogen) atoms. The Morgan fingerprint density at radius 1 is 1.24 bits per heavy atom. The van der Waals surface area contributed by atoms with Gasteiger partial charge < -0.3 is 10.1 Å². The first-order valence-corrected chi connectivity index (χ1v) is 8.55. The molecule has 2 atom stereocenters. The van der Waals surface area contributed by atoms with Crippen molar-refractivity contribution >= 4 is 11.9 Å². The van der Waals surface area contributed by atoms with Gasteiger partial charge in [0.25, 0.3) is 5.91 Å². The number of carbonyl (C=O) groups is 2. The van der Waals surface area contributed by atoms with Crippen molar-refractivity contribution in [3.8, 4) is 5.69 Å². The summed E-state index contributed by atoms with van der Waals surface area (Å²) in [5, 5.41) is 6.99. The minimum absolute atomic E-state index is 0.182. The second-order valence-corrected chi connectivity index (χ2v) is 6.40. The fourth-order valence-corrected chi connectivity index (χ4v) is 3.09. The van der Waals surface area contributed by atoms with Crippen LogP contribution in [-0.2, 0) is 9.53 Å². The highest BCUT2D eigenvalue weighted by atomic mass is 16.5. The smallest absolute Gasteiger partial charge is 0.338 e. The van der Waals surface area contributed by atoms with Crippen molar-refractivity contribution in [2.45, 2.75) is 38.6 Å². The van der Waals surface area contributed by atoms with E-state index in [-0.39, 0.29) is 18.6 Å². The van der Waals surface area contributed by atoms with Gasteiger partial charge in [0.1, 0.15) is 12.7 Å². The van der Waals surface area contributed by atoms with Crippen LogP contribution < -0.4 is 5.32 Å². The molecule has 0 spiro atoms. The van der Waals surface area contributed by atoms with Gasteiger partial charge in [-0.2, -0.15) is 5.10 Å². The maximum atomic E-state index is 12.1. The van der Waals surface area contributed by atoms with Crippen LogP contribution in [0.2, 0.25) is 0 Å². The molecule has 1 N–H and O–H groups in total. The maximum Gasteiger partial charge on any atom is 0.338 e. The predicted octanol–water partition coefficient (Wildman–Crippen LogP) is 2.12. The van der Waals surface area contributed by atoms with Gasteiger partial charge in [0.05, 0.1) is 11.3 Å². The van der Waals surface area contributed by atoms with E-state index in [1.165, 1.54) is 12.7 Å².